The molecule has 1 aliphatic heterocycles. The van der Waals surface area contributed by atoms with Crippen LogP contribution in [0.5, 0.6) is 0 Å². The van der Waals surface area contributed by atoms with Crippen molar-refractivity contribution >= 4 is 6.03 Å². The van der Waals surface area contributed by atoms with Crippen molar-refractivity contribution < 1.29 is 9.53 Å². The Morgan fingerprint density at radius 3 is 2.81 bits per heavy atom. The lowest BCUT2D eigenvalue weighted by Crippen LogP contribution is -2.56. The van der Waals surface area contributed by atoms with Gasteiger partial charge in [0.1, 0.15) is 0 Å². The van der Waals surface area contributed by atoms with E-state index in [0.717, 1.165) is 37.7 Å². The monoisotopic (exact) mass is 358 g/mol. The summed E-state index contributed by atoms with van der Waals surface area (Å²) in [5.41, 5.74) is 0.860. The molecule has 8 heteroatoms. The van der Waals surface area contributed by atoms with Gasteiger partial charge in [0, 0.05) is 50.3 Å². The number of morpholine rings is 1. The number of carbonyl (C=O) groups excluding carboxylic acids is 1. The van der Waals surface area contributed by atoms with E-state index >= 15 is 0 Å². The second kappa shape index (κ2) is 8.29. The van der Waals surface area contributed by atoms with Gasteiger partial charge in [0.2, 0.25) is 0 Å². The Bertz CT molecular complexity index is 710. The largest absolute Gasteiger partial charge is 0.379 e. The molecule has 3 rings (SSSR count). The Balaban J connectivity index is 1.47. The number of rotatable bonds is 6. The molecule has 2 amide bonds. The third-order valence-electron chi connectivity index (χ3n) is 4.55. The zero-order chi connectivity index (χ0) is 18.4. The number of ether oxygens (including phenoxy) is 1. The number of nitrogens with zero attached hydrogens (tertiary/aromatic N) is 4. The second-order valence-electron chi connectivity index (χ2n) is 6.92. The van der Waals surface area contributed by atoms with Crippen LogP contribution >= 0.6 is 0 Å². The van der Waals surface area contributed by atoms with Gasteiger partial charge in [-0.1, -0.05) is 0 Å². The second-order valence-corrected chi connectivity index (χ2v) is 6.92. The fourth-order valence-corrected chi connectivity index (χ4v) is 2.92. The Hall–Kier alpha value is -2.45. The molecule has 2 aromatic heterocycles. The number of hydrogen-bond acceptors (Lipinski definition) is 5. The van der Waals surface area contributed by atoms with E-state index in [1.807, 2.05) is 24.4 Å². The first kappa shape index (κ1) is 18.3. The third-order valence-corrected chi connectivity index (χ3v) is 4.55. The Labute approximate surface area is 153 Å². The van der Waals surface area contributed by atoms with Crippen LogP contribution in [0.15, 0.2) is 36.8 Å². The molecule has 2 aromatic rings. The number of amides is 2. The standard InChI is InChI=1S/C18H26N6O2/c1-18(2,23-8-10-26-11-9-23)14-21-17(25)20-13-15-4-6-19-16(12-15)24-7-3-5-22-24/h3-7,12H,8-11,13-14H2,1-2H3,(H2,20,21,25). The molecule has 140 valence electrons. The summed E-state index contributed by atoms with van der Waals surface area (Å²) in [6, 6.07) is 5.45. The molecule has 26 heavy (non-hydrogen) atoms. The number of nitrogens with one attached hydrogen (secondary N) is 2. The molecule has 1 aliphatic rings. The summed E-state index contributed by atoms with van der Waals surface area (Å²) in [5, 5.41) is 10.0. The van der Waals surface area contributed by atoms with Crippen LogP contribution in [0, 0.1) is 0 Å². The number of pyridine rings is 1. The fraction of sp³-hybridized carbons (Fsp3) is 0.500. The highest BCUT2D eigenvalue weighted by atomic mass is 16.5. The van der Waals surface area contributed by atoms with E-state index in [9.17, 15) is 4.79 Å². The molecule has 3 heterocycles. The minimum Gasteiger partial charge on any atom is -0.379 e. The highest BCUT2D eigenvalue weighted by molar-refractivity contribution is 5.73. The predicted molar refractivity (Wildman–Crippen MR) is 98.1 cm³/mol. The summed E-state index contributed by atoms with van der Waals surface area (Å²) in [6.07, 6.45) is 5.25. The van der Waals surface area contributed by atoms with Crippen LogP contribution in [0.3, 0.4) is 0 Å². The van der Waals surface area contributed by atoms with E-state index in [1.165, 1.54) is 0 Å². The first-order valence-electron chi connectivity index (χ1n) is 8.84. The third kappa shape index (κ3) is 4.80. The van der Waals surface area contributed by atoms with Crippen LogP contribution < -0.4 is 10.6 Å². The molecule has 0 saturated carbocycles. The topological polar surface area (TPSA) is 84.3 Å². The van der Waals surface area contributed by atoms with Gasteiger partial charge in [-0.3, -0.25) is 4.90 Å². The first-order valence-corrected chi connectivity index (χ1v) is 8.84. The molecule has 0 bridgehead atoms. The van der Waals surface area contributed by atoms with E-state index in [-0.39, 0.29) is 11.6 Å². The van der Waals surface area contributed by atoms with E-state index in [1.54, 1.807) is 17.1 Å². The Morgan fingerprint density at radius 2 is 2.08 bits per heavy atom. The molecule has 0 aliphatic carbocycles. The normalized spacial score (nSPS) is 15.6. The van der Waals surface area contributed by atoms with E-state index < -0.39 is 0 Å². The van der Waals surface area contributed by atoms with Crippen molar-refractivity contribution in [2.24, 2.45) is 0 Å². The maximum atomic E-state index is 12.2. The molecule has 0 radical (unpaired) electrons. The summed E-state index contributed by atoms with van der Waals surface area (Å²) in [4.78, 5) is 18.8. The van der Waals surface area contributed by atoms with Crippen LogP contribution in [0.25, 0.3) is 5.82 Å². The number of aromatic nitrogens is 3. The molecule has 8 nitrogen and oxygen atoms in total. The van der Waals surface area contributed by atoms with Gasteiger partial charge < -0.3 is 15.4 Å². The van der Waals surface area contributed by atoms with Crippen LogP contribution in [-0.4, -0.2) is 64.1 Å². The minimum atomic E-state index is -0.177. The van der Waals surface area contributed by atoms with Crippen molar-refractivity contribution in [2.45, 2.75) is 25.9 Å². The average molecular weight is 358 g/mol. The highest BCUT2D eigenvalue weighted by Crippen LogP contribution is 2.15. The molecular formula is C18H26N6O2. The zero-order valence-corrected chi connectivity index (χ0v) is 15.3. The number of carbonyl (C=O) groups is 1. The van der Waals surface area contributed by atoms with Crippen LogP contribution in [0.4, 0.5) is 4.79 Å². The number of urea groups is 1. The molecule has 1 saturated heterocycles. The van der Waals surface area contributed by atoms with Gasteiger partial charge in [-0.25, -0.2) is 14.5 Å². The lowest BCUT2D eigenvalue weighted by Gasteiger charge is -2.40. The smallest absolute Gasteiger partial charge is 0.315 e. The Kier molecular flexibility index (Phi) is 5.85. The lowest BCUT2D eigenvalue weighted by atomic mass is 10.0. The van der Waals surface area contributed by atoms with Gasteiger partial charge in [0.05, 0.1) is 13.2 Å². The molecular weight excluding hydrogens is 332 g/mol. The summed E-state index contributed by atoms with van der Waals surface area (Å²) in [5.74, 6) is 0.725. The van der Waals surface area contributed by atoms with E-state index in [4.69, 9.17) is 4.74 Å². The van der Waals surface area contributed by atoms with Crippen molar-refractivity contribution in [2.75, 3.05) is 32.8 Å². The van der Waals surface area contributed by atoms with Crippen LogP contribution in [0.1, 0.15) is 19.4 Å². The van der Waals surface area contributed by atoms with Crippen molar-refractivity contribution in [3.63, 3.8) is 0 Å². The molecule has 0 unspecified atom stereocenters. The first-order chi connectivity index (χ1) is 12.5. The summed E-state index contributed by atoms with van der Waals surface area (Å²) < 4.78 is 7.08. The predicted octanol–water partition coefficient (Wildman–Crippen LogP) is 1.18. The SMILES string of the molecule is CC(C)(CNC(=O)NCc1ccnc(-n2cccn2)c1)N1CCOCC1. The quantitative estimate of drug-likeness (QED) is 0.810. The molecule has 0 spiro atoms. The Morgan fingerprint density at radius 1 is 1.27 bits per heavy atom. The summed E-state index contributed by atoms with van der Waals surface area (Å²) in [6.45, 7) is 8.56. The minimum absolute atomic E-state index is 0.106. The molecule has 0 atom stereocenters. The lowest BCUT2D eigenvalue weighted by molar-refractivity contribution is -0.00874. The van der Waals surface area contributed by atoms with Gasteiger partial charge in [0.25, 0.3) is 0 Å². The molecule has 0 aromatic carbocycles. The number of hydrogen-bond donors (Lipinski definition) is 2. The van der Waals surface area contributed by atoms with Crippen molar-refractivity contribution in [1.82, 2.24) is 30.3 Å². The average Bonchev–Trinajstić information content (AvgIpc) is 3.21. The van der Waals surface area contributed by atoms with E-state index in [0.29, 0.717) is 13.1 Å². The van der Waals surface area contributed by atoms with Crippen molar-refractivity contribution in [1.29, 1.82) is 0 Å². The van der Waals surface area contributed by atoms with Gasteiger partial charge >= 0.3 is 6.03 Å². The van der Waals surface area contributed by atoms with Gasteiger partial charge in [-0.2, -0.15) is 5.10 Å². The maximum absolute atomic E-state index is 12.2. The van der Waals surface area contributed by atoms with Gasteiger partial charge in [0.15, 0.2) is 5.82 Å². The van der Waals surface area contributed by atoms with Gasteiger partial charge in [-0.05, 0) is 37.6 Å². The highest BCUT2D eigenvalue weighted by Gasteiger charge is 2.28. The van der Waals surface area contributed by atoms with Crippen molar-refractivity contribution in [3.8, 4) is 5.82 Å². The van der Waals surface area contributed by atoms with Crippen LogP contribution in [0.2, 0.25) is 0 Å². The molecule has 1 fully saturated rings. The summed E-state index contributed by atoms with van der Waals surface area (Å²) >= 11 is 0. The van der Waals surface area contributed by atoms with Gasteiger partial charge in [-0.15, -0.1) is 0 Å². The zero-order valence-electron chi connectivity index (χ0n) is 15.3. The van der Waals surface area contributed by atoms with E-state index in [2.05, 4.69) is 39.5 Å². The maximum Gasteiger partial charge on any atom is 0.315 e. The fourth-order valence-electron chi connectivity index (χ4n) is 2.92. The van der Waals surface area contributed by atoms with Crippen LogP contribution in [-0.2, 0) is 11.3 Å². The summed E-state index contributed by atoms with van der Waals surface area (Å²) in [7, 11) is 0. The molecule has 2 N–H and O–H groups in total. The van der Waals surface area contributed by atoms with Crippen molar-refractivity contribution in [3.05, 3.63) is 42.4 Å².